The molecule has 11 heteroatoms. The third-order valence-corrected chi connectivity index (χ3v) is 6.24. The van der Waals surface area contributed by atoms with Gasteiger partial charge in [0.1, 0.15) is 17.5 Å². The van der Waals surface area contributed by atoms with E-state index in [0.717, 1.165) is 12.1 Å². The van der Waals surface area contributed by atoms with E-state index in [9.17, 15) is 32.3 Å². The Morgan fingerprint density at radius 1 is 1.14 bits per heavy atom. The predicted molar refractivity (Wildman–Crippen MR) is 121 cm³/mol. The Kier molecular flexibility index (Phi) is 7.55. The molecule has 1 aromatic carbocycles. The summed E-state index contributed by atoms with van der Waals surface area (Å²) in [6.07, 6.45) is -1.83. The molecule has 0 unspecified atom stereocenters. The van der Waals surface area contributed by atoms with Crippen LogP contribution in [0.25, 0.3) is 0 Å². The van der Waals surface area contributed by atoms with Gasteiger partial charge in [0.25, 0.3) is 5.92 Å². The van der Waals surface area contributed by atoms with E-state index in [4.69, 9.17) is 0 Å². The highest BCUT2D eigenvalue weighted by molar-refractivity contribution is 5.54. The summed E-state index contributed by atoms with van der Waals surface area (Å²) < 4.78 is 67.0. The quantitative estimate of drug-likeness (QED) is 0.439. The van der Waals surface area contributed by atoms with Gasteiger partial charge in [-0.25, -0.2) is 13.8 Å². The van der Waals surface area contributed by atoms with Crippen molar-refractivity contribution in [2.45, 2.75) is 70.7 Å². The molecule has 3 N–H and O–H groups in total. The van der Waals surface area contributed by atoms with E-state index >= 15 is 0 Å². The summed E-state index contributed by atoms with van der Waals surface area (Å²) in [7, 11) is 0. The van der Waals surface area contributed by atoms with Crippen LogP contribution in [0.5, 0.6) is 0 Å². The van der Waals surface area contributed by atoms with Crippen LogP contribution >= 0.6 is 0 Å². The zero-order chi connectivity index (χ0) is 26.0. The Morgan fingerprint density at radius 2 is 1.83 bits per heavy atom. The van der Waals surface area contributed by atoms with Gasteiger partial charge < -0.3 is 15.7 Å². The van der Waals surface area contributed by atoms with Gasteiger partial charge >= 0.3 is 6.18 Å². The molecule has 0 amide bonds. The van der Waals surface area contributed by atoms with Crippen LogP contribution in [0.1, 0.15) is 62.3 Å². The fraction of sp³-hybridized carbons (Fsp3) is 0.542. The molecule has 1 aromatic heterocycles. The molecule has 0 spiro atoms. The second-order valence-electron chi connectivity index (χ2n) is 9.68. The summed E-state index contributed by atoms with van der Waals surface area (Å²) in [5, 5.41) is 25.7. The molecule has 0 bridgehead atoms. The highest BCUT2D eigenvalue weighted by Crippen LogP contribution is 2.37. The van der Waals surface area contributed by atoms with Crippen LogP contribution in [-0.4, -0.2) is 33.8 Å². The van der Waals surface area contributed by atoms with E-state index in [1.807, 2.05) is 19.9 Å². The number of alkyl halides is 5. The van der Waals surface area contributed by atoms with E-state index in [-0.39, 0.29) is 41.5 Å². The number of benzene rings is 1. The van der Waals surface area contributed by atoms with Crippen LogP contribution in [0.3, 0.4) is 0 Å². The molecule has 1 aliphatic rings. The van der Waals surface area contributed by atoms with E-state index in [1.165, 1.54) is 6.20 Å². The van der Waals surface area contributed by atoms with E-state index in [0.29, 0.717) is 38.1 Å². The van der Waals surface area contributed by atoms with Crippen molar-refractivity contribution in [3.05, 3.63) is 46.6 Å². The Labute approximate surface area is 200 Å². The lowest BCUT2D eigenvalue weighted by Crippen LogP contribution is -2.41. The van der Waals surface area contributed by atoms with Crippen molar-refractivity contribution in [3.8, 4) is 6.07 Å². The summed E-state index contributed by atoms with van der Waals surface area (Å²) in [6, 6.07) is 4.38. The van der Waals surface area contributed by atoms with Crippen LogP contribution in [0.2, 0.25) is 0 Å². The van der Waals surface area contributed by atoms with Crippen molar-refractivity contribution in [2.24, 2.45) is 5.41 Å². The smallest absolute Gasteiger partial charge is 0.393 e. The number of nitrogens with one attached hydrogen (secondary N) is 2. The predicted octanol–water partition coefficient (Wildman–Crippen LogP) is 5.48. The lowest BCUT2D eigenvalue weighted by molar-refractivity contribution is -0.137. The Morgan fingerprint density at radius 3 is 2.43 bits per heavy atom. The van der Waals surface area contributed by atoms with Gasteiger partial charge in [0, 0.05) is 25.1 Å². The van der Waals surface area contributed by atoms with E-state index < -0.39 is 29.3 Å². The molecule has 1 aliphatic carbocycles. The number of nitriles is 1. The number of aliphatic hydroxyl groups excluding tert-OH is 1. The van der Waals surface area contributed by atoms with Crippen LogP contribution < -0.4 is 10.6 Å². The molecule has 3 rings (SSSR count). The van der Waals surface area contributed by atoms with Crippen molar-refractivity contribution in [1.82, 2.24) is 9.97 Å². The Hall–Kier alpha value is -3.00. The molecule has 1 saturated carbocycles. The van der Waals surface area contributed by atoms with Gasteiger partial charge in [0.15, 0.2) is 0 Å². The van der Waals surface area contributed by atoms with E-state index in [1.54, 1.807) is 0 Å². The first-order valence-corrected chi connectivity index (χ1v) is 11.2. The number of aliphatic hydroxyl groups is 1. The fourth-order valence-corrected chi connectivity index (χ4v) is 4.17. The van der Waals surface area contributed by atoms with Crippen LogP contribution in [-0.2, 0) is 18.5 Å². The largest absolute Gasteiger partial charge is 0.416 e. The van der Waals surface area contributed by atoms with E-state index in [2.05, 4.69) is 20.6 Å². The minimum absolute atomic E-state index is 0.0116. The summed E-state index contributed by atoms with van der Waals surface area (Å²) in [5.41, 5.74) is -1.81. The summed E-state index contributed by atoms with van der Waals surface area (Å²) in [5.74, 6) is -2.95. The molecule has 1 heterocycles. The number of rotatable bonds is 7. The standard InChI is InChI=1S/C24H28F5N5O/c1-22(2)11-18(4-5-19(22)35)33-20-15(12-30)13-32-21(34-20)31-7-6-14-8-16(23(3,25)26)10-17(9-14)24(27,28)29/h8-10,13,18-19,35H,4-7,11H2,1-3H3,(H2,31,32,33,34)/t18-,19+/m1/s1. The van der Waals surface area contributed by atoms with Crippen LogP contribution in [0.4, 0.5) is 33.7 Å². The first-order valence-electron chi connectivity index (χ1n) is 11.2. The highest BCUT2D eigenvalue weighted by Gasteiger charge is 2.36. The van der Waals surface area contributed by atoms with Crippen molar-refractivity contribution in [3.63, 3.8) is 0 Å². The number of hydrogen-bond acceptors (Lipinski definition) is 6. The van der Waals surface area contributed by atoms with Gasteiger partial charge in [-0.05, 0) is 54.9 Å². The Balaban J connectivity index is 1.71. The fourth-order valence-electron chi connectivity index (χ4n) is 4.17. The second kappa shape index (κ2) is 9.93. The van der Waals surface area contributed by atoms with Crippen LogP contribution in [0.15, 0.2) is 24.4 Å². The van der Waals surface area contributed by atoms with Crippen LogP contribution in [0, 0.1) is 16.7 Å². The SMILES string of the molecule is CC(F)(F)c1cc(CCNc2ncc(C#N)c(N[C@@H]3CC[C@H](O)C(C)(C)C3)n2)cc(C(F)(F)F)c1. The molecule has 2 atom stereocenters. The lowest BCUT2D eigenvalue weighted by atomic mass is 9.73. The normalized spacial score (nSPS) is 20.2. The summed E-state index contributed by atoms with van der Waals surface area (Å²) in [4.78, 5) is 8.39. The maximum absolute atomic E-state index is 13.7. The zero-order valence-corrected chi connectivity index (χ0v) is 19.7. The molecular formula is C24H28F5N5O. The summed E-state index contributed by atoms with van der Waals surface area (Å²) >= 11 is 0. The maximum Gasteiger partial charge on any atom is 0.416 e. The first-order chi connectivity index (χ1) is 16.2. The number of hydrogen-bond donors (Lipinski definition) is 3. The number of aromatic nitrogens is 2. The van der Waals surface area contributed by atoms with Crippen molar-refractivity contribution < 1.29 is 27.1 Å². The Bertz CT molecular complexity index is 1060. The zero-order valence-electron chi connectivity index (χ0n) is 19.7. The minimum Gasteiger partial charge on any atom is -0.393 e. The minimum atomic E-state index is -4.75. The van der Waals surface area contributed by atoms with Gasteiger partial charge in [0.2, 0.25) is 5.95 Å². The highest BCUT2D eigenvalue weighted by atomic mass is 19.4. The van der Waals surface area contributed by atoms with Gasteiger partial charge in [-0.3, -0.25) is 0 Å². The average Bonchev–Trinajstić information content (AvgIpc) is 2.75. The molecule has 35 heavy (non-hydrogen) atoms. The molecule has 0 aliphatic heterocycles. The molecule has 0 radical (unpaired) electrons. The van der Waals surface area contributed by atoms with Gasteiger partial charge in [0.05, 0.1) is 17.9 Å². The molecule has 190 valence electrons. The average molecular weight is 498 g/mol. The third kappa shape index (κ3) is 6.78. The van der Waals surface area contributed by atoms with Crippen molar-refractivity contribution in [2.75, 3.05) is 17.2 Å². The topological polar surface area (TPSA) is 93.9 Å². The number of anilines is 2. The van der Waals surface area contributed by atoms with Crippen molar-refractivity contribution >= 4 is 11.8 Å². The molecule has 6 nitrogen and oxygen atoms in total. The first kappa shape index (κ1) is 26.6. The van der Waals surface area contributed by atoms with Gasteiger partial charge in [-0.15, -0.1) is 0 Å². The van der Waals surface area contributed by atoms with Crippen molar-refractivity contribution in [1.29, 1.82) is 5.26 Å². The van der Waals surface area contributed by atoms with Gasteiger partial charge in [-0.1, -0.05) is 13.8 Å². The number of nitrogens with zero attached hydrogens (tertiary/aromatic N) is 3. The molecular weight excluding hydrogens is 469 g/mol. The lowest BCUT2D eigenvalue weighted by Gasteiger charge is -2.40. The molecule has 0 saturated heterocycles. The number of halogens is 5. The monoisotopic (exact) mass is 497 g/mol. The summed E-state index contributed by atoms with van der Waals surface area (Å²) in [6.45, 7) is 4.58. The maximum atomic E-state index is 13.7. The molecule has 1 fully saturated rings. The molecule has 2 aromatic rings. The van der Waals surface area contributed by atoms with Gasteiger partial charge in [-0.2, -0.15) is 23.4 Å². The second-order valence-corrected chi connectivity index (χ2v) is 9.68. The third-order valence-electron chi connectivity index (χ3n) is 6.24.